The fourth-order valence-electron chi connectivity index (χ4n) is 3.77. The second-order valence-corrected chi connectivity index (χ2v) is 7.06. The molecule has 0 N–H and O–H groups in total. The number of hydrogen-bond donors (Lipinski definition) is 0. The van der Waals surface area contributed by atoms with Crippen molar-refractivity contribution in [2.45, 2.75) is 63.9 Å². The first kappa shape index (κ1) is 16.3. The molecule has 0 amide bonds. The predicted octanol–water partition coefficient (Wildman–Crippen LogP) is 3.26. The topological polar surface area (TPSA) is 77.2 Å². The number of piperidine rings is 1. The summed E-state index contributed by atoms with van der Waals surface area (Å²) >= 11 is 0. The van der Waals surface area contributed by atoms with Crippen LogP contribution >= 0.6 is 0 Å². The van der Waals surface area contributed by atoms with E-state index in [4.69, 9.17) is 14.2 Å². The van der Waals surface area contributed by atoms with E-state index in [0.29, 0.717) is 11.7 Å². The van der Waals surface area contributed by atoms with Crippen LogP contribution in [0.4, 0.5) is 5.82 Å². The van der Waals surface area contributed by atoms with Gasteiger partial charge < -0.3 is 14.2 Å². The number of nitrogens with zero attached hydrogens (tertiary/aromatic N) is 5. The van der Waals surface area contributed by atoms with Crippen molar-refractivity contribution in [2.24, 2.45) is 0 Å². The van der Waals surface area contributed by atoms with E-state index in [2.05, 4.69) is 20.0 Å². The van der Waals surface area contributed by atoms with Gasteiger partial charge in [-0.2, -0.15) is 9.97 Å². The fraction of sp³-hybridized carbons (Fsp3) is 0.667. The van der Waals surface area contributed by atoms with Gasteiger partial charge in [0.25, 0.3) is 0 Å². The molecule has 2 aliphatic rings. The Morgan fingerprint density at radius 3 is 2.76 bits per heavy atom. The number of ether oxygens (including phenoxy) is 1. The lowest BCUT2D eigenvalue weighted by Crippen LogP contribution is -2.35. The lowest BCUT2D eigenvalue weighted by molar-refractivity contribution is 0.148. The predicted molar refractivity (Wildman–Crippen MR) is 92.8 cm³/mol. The molecule has 134 valence electrons. The zero-order chi connectivity index (χ0) is 17.1. The fourth-order valence-corrected chi connectivity index (χ4v) is 3.77. The Kier molecular flexibility index (Phi) is 4.81. The maximum absolute atomic E-state index is 6.06. The molecule has 25 heavy (non-hydrogen) atoms. The normalized spacial score (nSPS) is 22.1. The summed E-state index contributed by atoms with van der Waals surface area (Å²) in [7, 11) is 0. The van der Waals surface area contributed by atoms with E-state index in [1.165, 1.54) is 19.3 Å². The molecule has 7 heteroatoms. The molecule has 0 unspecified atom stereocenters. The molecule has 1 saturated heterocycles. The first-order valence-corrected chi connectivity index (χ1v) is 9.32. The minimum atomic E-state index is 0.250. The van der Waals surface area contributed by atoms with Gasteiger partial charge in [-0.1, -0.05) is 11.6 Å². The Labute approximate surface area is 147 Å². The lowest BCUT2D eigenvalue weighted by Gasteiger charge is -2.32. The molecule has 1 aliphatic carbocycles. The number of aromatic nitrogens is 4. The average Bonchev–Trinajstić information content (AvgIpc) is 3.09. The van der Waals surface area contributed by atoms with Crippen molar-refractivity contribution in [3.05, 3.63) is 24.1 Å². The monoisotopic (exact) mass is 343 g/mol. The SMILES string of the molecule is Cc1noc([C@H]2CCCN(c3cncc(OC4CCCCC4)n3)C2)n1. The molecule has 0 aromatic carbocycles. The van der Waals surface area contributed by atoms with Crippen molar-refractivity contribution in [1.82, 2.24) is 20.1 Å². The Hall–Kier alpha value is -2.18. The number of anilines is 1. The van der Waals surface area contributed by atoms with Gasteiger partial charge >= 0.3 is 0 Å². The van der Waals surface area contributed by atoms with Crippen LogP contribution in [0.25, 0.3) is 0 Å². The van der Waals surface area contributed by atoms with E-state index >= 15 is 0 Å². The van der Waals surface area contributed by atoms with Gasteiger partial charge in [0.1, 0.15) is 6.10 Å². The quantitative estimate of drug-likeness (QED) is 0.843. The minimum Gasteiger partial charge on any atom is -0.473 e. The van der Waals surface area contributed by atoms with E-state index in [1.807, 2.05) is 13.1 Å². The van der Waals surface area contributed by atoms with Crippen molar-refractivity contribution in [3.8, 4) is 5.88 Å². The second-order valence-electron chi connectivity index (χ2n) is 7.06. The van der Waals surface area contributed by atoms with Crippen LogP contribution in [0.2, 0.25) is 0 Å². The van der Waals surface area contributed by atoms with Crippen molar-refractivity contribution in [2.75, 3.05) is 18.0 Å². The van der Waals surface area contributed by atoms with Gasteiger partial charge in [0.2, 0.25) is 11.8 Å². The Bertz CT molecular complexity index is 698. The van der Waals surface area contributed by atoms with E-state index in [1.54, 1.807) is 6.20 Å². The molecule has 1 atom stereocenters. The summed E-state index contributed by atoms with van der Waals surface area (Å²) in [5.41, 5.74) is 0. The summed E-state index contributed by atoms with van der Waals surface area (Å²) < 4.78 is 11.4. The van der Waals surface area contributed by atoms with Gasteiger partial charge in [-0.15, -0.1) is 0 Å². The maximum atomic E-state index is 6.06. The van der Waals surface area contributed by atoms with Gasteiger partial charge in [0.15, 0.2) is 11.6 Å². The third kappa shape index (κ3) is 3.91. The van der Waals surface area contributed by atoms with Crippen LogP contribution in [0.3, 0.4) is 0 Å². The van der Waals surface area contributed by atoms with Gasteiger partial charge in [0, 0.05) is 13.1 Å². The van der Waals surface area contributed by atoms with Crippen LogP contribution in [-0.4, -0.2) is 39.3 Å². The molecule has 2 aromatic rings. The second kappa shape index (κ2) is 7.37. The highest BCUT2D eigenvalue weighted by Crippen LogP contribution is 2.29. The summed E-state index contributed by atoms with van der Waals surface area (Å²) in [5, 5.41) is 3.92. The first-order valence-electron chi connectivity index (χ1n) is 9.32. The van der Waals surface area contributed by atoms with Crippen molar-refractivity contribution in [3.63, 3.8) is 0 Å². The zero-order valence-electron chi connectivity index (χ0n) is 14.7. The molecule has 0 bridgehead atoms. The highest BCUT2D eigenvalue weighted by atomic mass is 16.5. The van der Waals surface area contributed by atoms with Crippen LogP contribution in [-0.2, 0) is 0 Å². The summed E-state index contributed by atoms with van der Waals surface area (Å²) in [6.07, 6.45) is 12.0. The number of aryl methyl sites for hydroxylation is 1. The van der Waals surface area contributed by atoms with Crippen LogP contribution in [0, 0.1) is 6.92 Å². The van der Waals surface area contributed by atoms with Crippen molar-refractivity contribution in [1.29, 1.82) is 0 Å². The molecule has 0 spiro atoms. The van der Waals surface area contributed by atoms with Crippen LogP contribution in [0.1, 0.15) is 62.6 Å². The molecule has 2 aromatic heterocycles. The van der Waals surface area contributed by atoms with Crippen molar-refractivity contribution < 1.29 is 9.26 Å². The highest BCUT2D eigenvalue weighted by Gasteiger charge is 2.27. The van der Waals surface area contributed by atoms with Crippen LogP contribution < -0.4 is 9.64 Å². The maximum Gasteiger partial charge on any atom is 0.234 e. The molecule has 0 radical (unpaired) electrons. The smallest absolute Gasteiger partial charge is 0.234 e. The van der Waals surface area contributed by atoms with Gasteiger partial charge in [-0.05, 0) is 45.4 Å². The molecule has 1 saturated carbocycles. The molecular weight excluding hydrogens is 318 g/mol. The highest BCUT2D eigenvalue weighted by molar-refractivity contribution is 5.38. The Balaban J connectivity index is 1.44. The average molecular weight is 343 g/mol. The van der Waals surface area contributed by atoms with Crippen LogP contribution in [0.5, 0.6) is 5.88 Å². The van der Waals surface area contributed by atoms with Gasteiger partial charge in [-0.3, -0.25) is 4.98 Å². The third-order valence-corrected chi connectivity index (χ3v) is 5.08. The molecule has 3 heterocycles. The Morgan fingerprint density at radius 2 is 1.96 bits per heavy atom. The van der Waals surface area contributed by atoms with E-state index in [9.17, 15) is 0 Å². The van der Waals surface area contributed by atoms with E-state index < -0.39 is 0 Å². The third-order valence-electron chi connectivity index (χ3n) is 5.08. The number of rotatable bonds is 4. The van der Waals surface area contributed by atoms with Crippen molar-refractivity contribution >= 4 is 5.82 Å². The minimum absolute atomic E-state index is 0.250. The molecule has 7 nitrogen and oxygen atoms in total. The van der Waals surface area contributed by atoms with Gasteiger partial charge in [-0.25, -0.2) is 0 Å². The molecule has 4 rings (SSSR count). The van der Waals surface area contributed by atoms with E-state index in [-0.39, 0.29) is 12.0 Å². The Morgan fingerprint density at radius 1 is 1.08 bits per heavy atom. The summed E-state index contributed by atoms with van der Waals surface area (Å²) in [4.78, 5) is 15.7. The van der Waals surface area contributed by atoms with Crippen LogP contribution in [0.15, 0.2) is 16.9 Å². The lowest BCUT2D eigenvalue weighted by atomic mass is 9.98. The zero-order valence-corrected chi connectivity index (χ0v) is 14.7. The number of hydrogen-bond acceptors (Lipinski definition) is 7. The molecular formula is C18H25N5O2. The summed E-state index contributed by atoms with van der Waals surface area (Å²) in [6, 6.07) is 0. The largest absolute Gasteiger partial charge is 0.473 e. The first-order chi connectivity index (χ1) is 12.3. The standard InChI is InChI=1S/C18H25N5O2/c1-13-20-18(25-22-13)14-6-5-9-23(12-14)16-10-19-11-17(21-16)24-15-7-3-2-4-8-15/h10-11,14-15H,2-9,12H2,1H3/t14-/m0/s1. The van der Waals surface area contributed by atoms with Gasteiger partial charge in [0.05, 0.1) is 18.3 Å². The summed E-state index contributed by atoms with van der Waals surface area (Å²) in [6.45, 7) is 3.64. The summed E-state index contributed by atoms with van der Waals surface area (Å²) in [5.74, 6) is 3.17. The molecule has 1 aliphatic heterocycles. The molecule has 2 fully saturated rings. The van der Waals surface area contributed by atoms with E-state index in [0.717, 1.165) is 50.5 Å².